The van der Waals surface area contributed by atoms with Crippen LogP contribution in [0.5, 0.6) is 11.5 Å². The predicted molar refractivity (Wildman–Crippen MR) is 103 cm³/mol. The van der Waals surface area contributed by atoms with Crippen LogP contribution in [0.25, 0.3) is 0 Å². The number of anilines is 2. The molecule has 1 fully saturated rings. The number of urea groups is 1. The van der Waals surface area contributed by atoms with E-state index in [4.69, 9.17) is 9.47 Å². The Morgan fingerprint density at radius 3 is 2.54 bits per heavy atom. The number of para-hydroxylation sites is 1. The molecule has 1 saturated heterocycles. The molecule has 1 aliphatic rings. The zero-order valence-corrected chi connectivity index (χ0v) is 15.7. The number of rotatable bonds is 5. The van der Waals surface area contributed by atoms with Crippen LogP contribution in [0.3, 0.4) is 0 Å². The molecule has 1 unspecified atom stereocenters. The van der Waals surface area contributed by atoms with Gasteiger partial charge in [-0.25, -0.2) is 9.18 Å². The quantitative estimate of drug-likeness (QED) is 0.823. The summed E-state index contributed by atoms with van der Waals surface area (Å²) in [6.07, 6.45) is 1.22. The van der Waals surface area contributed by atoms with Crippen LogP contribution in [-0.4, -0.2) is 43.6 Å². The smallest absolute Gasteiger partial charge is 0.322 e. The van der Waals surface area contributed by atoms with Gasteiger partial charge in [0.2, 0.25) is 5.91 Å². The van der Waals surface area contributed by atoms with Crippen molar-refractivity contribution in [3.05, 3.63) is 48.3 Å². The van der Waals surface area contributed by atoms with E-state index in [2.05, 4.69) is 10.6 Å². The van der Waals surface area contributed by atoms with E-state index in [0.717, 1.165) is 0 Å². The van der Waals surface area contributed by atoms with Crippen LogP contribution in [0.4, 0.5) is 20.6 Å². The van der Waals surface area contributed by atoms with Crippen LogP contribution >= 0.6 is 0 Å². The number of benzene rings is 2. The van der Waals surface area contributed by atoms with E-state index < -0.39 is 17.9 Å². The number of nitrogens with zero attached hydrogens (tertiary/aromatic N) is 1. The Morgan fingerprint density at radius 2 is 1.82 bits per heavy atom. The van der Waals surface area contributed by atoms with Gasteiger partial charge in [0.25, 0.3) is 0 Å². The van der Waals surface area contributed by atoms with Gasteiger partial charge in [-0.3, -0.25) is 4.79 Å². The molecule has 148 valence electrons. The van der Waals surface area contributed by atoms with Crippen molar-refractivity contribution < 1.29 is 23.5 Å². The van der Waals surface area contributed by atoms with Crippen LogP contribution in [-0.2, 0) is 4.79 Å². The Kier molecular flexibility index (Phi) is 5.98. The normalized spacial score (nSPS) is 15.8. The molecule has 2 aromatic carbocycles. The van der Waals surface area contributed by atoms with Gasteiger partial charge in [0.05, 0.1) is 19.9 Å². The lowest BCUT2D eigenvalue weighted by Crippen LogP contribution is -2.45. The number of carbonyl (C=O) groups excluding carboxylic acids is 2. The van der Waals surface area contributed by atoms with Crippen molar-refractivity contribution in [3.63, 3.8) is 0 Å². The number of amides is 3. The third-order valence-electron chi connectivity index (χ3n) is 4.58. The van der Waals surface area contributed by atoms with Crippen molar-refractivity contribution >= 4 is 23.3 Å². The highest BCUT2D eigenvalue weighted by Crippen LogP contribution is 2.30. The first-order valence-electron chi connectivity index (χ1n) is 8.88. The molecule has 0 radical (unpaired) electrons. The van der Waals surface area contributed by atoms with Crippen molar-refractivity contribution in [1.82, 2.24) is 4.90 Å². The molecule has 3 rings (SSSR count). The lowest BCUT2D eigenvalue weighted by atomic mass is 10.2. The summed E-state index contributed by atoms with van der Waals surface area (Å²) in [5.74, 6) is 0.197. The fraction of sp³-hybridized carbons (Fsp3) is 0.300. The van der Waals surface area contributed by atoms with Crippen molar-refractivity contribution in [3.8, 4) is 11.5 Å². The van der Waals surface area contributed by atoms with E-state index in [-0.39, 0.29) is 11.6 Å². The number of halogens is 1. The first-order chi connectivity index (χ1) is 13.5. The summed E-state index contributed by atoms with van der Waals surface area (Å²) >= 11 is 0. The number of hydrogen-bond acceptors (Lipinski definition) is 4. The molecule has 2 aromatic rings. The van der Waals surface area contributed by atoms with Gasteiger partial charge < -0.3 is 25.0 Å². The second-order valence-corrected chi connectivity index (χ2v) is 6.32. The average molecular weight is 387 g/mol. The van der Waals surface area contributed by atoms with Crippen molar-refractivity contribution in [1.29, 1.82) is 0 Å². The molecule has 0 aliphatic carbocycles. The molecule has 0 saturated carbocycles. The van der Waals surface area contributed by atoms with E-state index in [1.807, 2.05) is 0 Å². The first kappa shape index (κ1) is 19.5. The lowest BCUT2D eigenvalue weighted by molar-refractivity contribution is -0.119. The van der Waals surface area contributed by atoms with E-state index in [1.165, 1.54) is 31.3 Å². The molecule has 0 aromatic heterocycles. The maximum atomic E-state index is 13.8. The molecule has 1 aliphatic heterocycles. The zero-order chi connectivity index (χ0) is 20.1. The molecule has 0 bridgehead atoms. The van der Waals surface area contributed by atoms with Gasteiger partial charge in [-0.05, 0) is 37.1 Å². The first-order valence-corrected chi connectivity index (χ1v) is 8.88. The van der Waals surface area contributed by atoms with Gasteiger partial charge in [-0.2, -0.15) is 0 Å². The van der Waals surface area contributed by atoms with Gasteiger partial charge >= 0.3 is 6.03 Å². The van der Waals surface area contributed by atoms with Crippen molar-refractivity contribution in [2.45, 2.75) is 18.9 Å². The maximum absolute atomic E-state index is 13.8. The molecule has 8 heteroatoms. The summed E-state index contributed by atoms with van der Waals surface area (Å²) < 4.78 is 24.2. The molecule has 28 heavy (non-hydrogen) atoms. The monoisotopic (exact) mass is 387 g/mol. The third kappa shape index (κ3) is 4.16. The molecule has 0 spiro atoms. The van der Waals surface area contributed by atoms with E-state index in [9.17, 15) is 14.0 Å². The van der Waals surface area contributed by atoms with Gasteiger partial charge in [0, 0.05) is 18.3 Å². The highest BCUT2D eigenvalue weighted by atomic mass is 19.1. The van der Waals surface area contributed by atoms with E-state index >= 15 is 0 Å². The van der Waals surface area contributed by atoms with Gasteiger partial charge in [-0.15, -0.1) is 0 Å². The average Bonchev–Trinajstić information content (AvgIpc) is 3.20. The van der Waals surface area contributed by atoms with E-state index in [1.54, 1.807) is 30.3 Å². The summed E-state index contributed by atoms with van der Waals surface area (Å²) in [5.41, 5.74) is 0.613. The third-order valence-corrected chi connectivity index (χ3v) is 4.58. The predicted octanol–water partition coefficient (Wildman–Crippen LogP) is 3.48. The molecule has 1 heterocycles. The minimum atomic E-state index is -0.639. The standard InChI is InChI=1S/C20H22FN3O4/c1-27-17-10-9-13(12-18(17)28-2)22-19(25)16-8-5-11-24(16)20(26)23-15-7-4-3-6-14(15)21/h3-4,6-7,9-10,12,16H,5,8,11H2,1-2H3,(H,22,25)(H,23,26). The topological polar surface area (TPSA) is 79.9 Å². The second-order valence-electron chi connectivity index (χ2n) is 6.32. The van der Waals surface area contributed by atoms with Crippen molar-refractivity contribution in [2.75, 3.05) is 31.4 Å². The minimum Gasteiger partial charge on any atom is -0.493 e. The molecule has 3 amide bonds. The Labute approximate surface area is 162 Å². The maximum Gasteiger partial charge on any atom is 0.322 e. The number of ether oxygens (including phenoxy) is 2. The largest absolute Gasteiger partial charge is 0.493 e. The molecule has 7 nitrogen and oxygen atoms in total. The van der Waals surface area contributed by atoms with Crippen LogP contribution in [0.2, 0.25) is 0 Å². The minimum absolute atomic E-state index is 0.0819. The Balaban J connectivity index is 1.69. The molecular formula is C20H22FN3O4. The Hall–Kier alpha value is -3.29. The number of methoxy groups -OCH3 is 2. The second kappa shape index (κ2) is 8.60. The van der Waals surface area contributed by atoms with Crippen LogP contribution in [0.15, 0.2) is 42.5 Å². The van der Waals surface area contributed by atoms with E-state index in [0.29, 0.717) is 36.6 Å². The fourth-order valence-corrected chi connectivity index (χ4v) is 3.17. The number of likely N-dealkylation sites (tertiary alicyclic amines) is 1. The number of carbonyl (C=O) groups is 2. The zero-order valence-electron chi connectivity index (χ0n) is 15.7. The van der Waals surface area contributed by atoms with Gasteiger partial charge in [-0.1, -0.05) is 12.1 Å². The Morgan fingerprint density at radius 1 is 1.07 bits per heavy atom. The summed E-state index contributed by atoms with van der Waals surface area (Å²) in [4.78, 5) is 26.7. The SMILES string of the molecule is COc1ccc(NC(=O)C2CCCN2C(=O)Nc2ccccc2F)cc1OC. The van der Waals surface area contributed by atoms with Gasteiger partial charge in [0.15, 0.2) is 11.5 Å². The Bertz CT molecular complexity index is 874. The van der Waals surface area contributed by atoms with Crippen LogP contribution in [0, 0.1) is 5.82 Å². The highest BCUT2D eigenvalue weighted by Gasteiger charge is 2.34. The van der Waals surface area contributed by atoms with Crippen molar-refractivity contribution in [2.24, 2.45) is 0 Å². The highest BCUT2D eigenvalue weighted by molar-refractivity contribution is 5.99. The molecular weight excluding hydrogens is 365 g/mol. The summed E-state index contributed by atoms with van der Waals surface area (Å²) in [6, 6.07) is 9.79. The number of hydrogen-bond donors (Lipinski definition) is 2. The van der Waals surface area contributed by atoms with Crippen LogP contribution in [0.1, 0.15) is 12.8 Å². The summed E-state index contributed by atoms with van der Waals surface area (Å²) in [7, 11) is 3.04. The summed E-state index contributed by atoms with van der Waals surface area (Å²) in [5, 5.41) is 5.33. The number of nitrogens with one attached hydrogen (secondary N) is 2. The fourth-order valence-electron chi connectivity index (χ4n) is 3.17. The molecule has 1 atom stereocenters. The lowest BCUT2D eigenvalue weighted by Gasteiger charge is -2.24. The molecule has 2 N–H and O–H groups in total. The van der Waals surface area contributed by atoms with Gasteiger partial charge in [0.1, 0.15) is 11.9 Å². The van der Waals surface area contributed by atoms with Crippen LogP contribution < -0.4 is 20.1 Å². The summed E-state index contributed by atoms with van der Waals surface area (Å²) in [6.45, 7) is 0.421.